The molecule has 7 heteroatoms. The molecule has 2 N–H and O–H groups in total. The van der Waals surface area contributed by atoms with E-state index in [0.717, 1.165) is 51.9 Å². The highest BCUT2D eigenvalue weighted by molar-refractivity contribution is 6.00. The molecule has 0 aliphatic heterocycles. The zero-order chi connectivity index (χ0) is 32.4. The number of ether oxygens (including phenoxy) is 1. The zero-order valence-electron chi connectivity index (χ0n) is 27.6. The summed E-state index contributed by atoms with van der Waals surface area (Å²) in [5, 5.41) is 6.01. The van der Waals surface area contributed by atoms with Crippen molar-refractivity contribution in [3.8, 4) is 0 Å². The van der Waals surface area contributed by atoms with E-state index in [9.17, 15) is 14.4 Å². The molecule has 0 aliphatic rings. The normalized spacial score (nSPS) is 12.6. The van der Waals surface area contributed by atoms with E-state index >= 15 is 0 Å². The number of carbonyl (C=O) groups is 3. The van der Waals surface area contributed by atoms with Gasteiger partial charge in [-0.3, -0.25) is 9.59 Å². The summed E-state index contributed by atoms with van der Waals surface area (Å²) >= 11 is 0. The van der Waals surface area contributed by atoms with Gasteiger partial charge in [-0.1, -0.05) is 92.1 Å². The summed E-state index contributed by atoms with van der Waals surface area (Å²) in [4.78, 5) is 43.9. The van der Waals surface area contributed by atoms with Crippen LogP contribution < -0.4 is 10.6 Å². The van der Waals surface area contributed by atoms with Crippen molar-refractivity contribution in [2.24, 2.45) is 0 Å². The maximum absolute atomic E-state index is 14.7. The van der Waals surface area contributed by atoms with Crippen LogP contribution in [0.25, 0.3) is 0 Å². The Bertz CT molecular complexity index is 1410. The van der Waals surface area contributed by atoms with Crippen LogP contribution in [-0.4, -0.2) is 41.0 Å². The minimum absolute atomic E-state index is 0.251. The highest BCUT2D eigenvalue weighted by Gasteiger charge is 2.37. The number of amides is 3. The number of carbonyl (C=O) groups excluding carboxylic acids is 3. The molecule has 0 saturated carbocycles. The molecule has 3 aromatic rings. The Morgan fingerprint density at radius 1 is 0.841 bits per heavy atom. The summed E-state index contributed by atoms with van der Waals surface area (Å²) in [5.41, 5.74) is 5.42. The average Bonchev–Trinajstić information content (AvgIpc) is 2.95. The van der Waals surface area contributed by atoms with E-state index in [-0.39, 0.29) is 18.2 Å². The zero-order valence-corrected chi connectivity index (χ0v) is 27.6. The minimum atomic E-state index is -0.950. The van der Waals surface area contributed by atoms with E-state index < -0.39 is 23.8 Å². The van der Waals surface area contributed by atoms with Gasteiger partial charge in [-0.2, -0.15) is 0 Å². The van der Waals surface area contributed by atoms with Gasteiger partial charge in [-0.05, 0) is 82.7 Å². The molecule has 0 bridgehead atoms. The van der Waals surface area contributed by atoms with E-state index in [1.54, 1.807) is 25.7 Å². The molecule has 3 amide bonds. The SMILES string of the molecule is CCCCCN(C(=O)C(Cc1ccccc1)NC(=O)OC(C)(C)C)C(C(=O)Nc1c(C)cccc1C)c1cc(C)ccc1C. The molecule has 3 aromatic carbocycles. The summed E-state index contributed by atoms with van der Waals surface area (Å²) < 4.78 is 5.57. The smallest absolute Gasteiger partial charge is 0.408 e. The van der Waals surface area contributed by atoms with Gasteiger partial charge in [-0.15, -0.1) is 0 Å². The number of hydrogen-bond donors (Lipinski definition) is 2. The molecular formula is C37H49N3O4. The molecule has 2 atom stereocenters. The molecule has 44 heavy (non-hydrogen) atoms. The lowest BCUT2D eigenvalue weighted by atomic mass is 9.95. The maximum atomic E-state index is 14.7. The van der Waals surface area contributed by atoms with Gasteiger partial charge in [0.15, 0.2) is 0 Å². The fourth-order valence-corrected chi connectivity index (χ4v) is 5.31. The molecule has 0 aromatic heterocycles. The molecule has 236 valence electrons. The van der Waals surface area contributed by atoms with Crippen LogP contribution in [-0.2, 0) is 20.7 Å². The third kappa shape index (κ3) is 9.69. The summed E-state index contributed by atoms with van der Waals surface area (Å²) in [6, 6.07) is 19.5. The molecule has 3 rings (SSSR count). The molecule has 0 fully saturated rings. The number of hydrogen-bond acceptors (Lipinski definition) is 4. The number of benzene rings is 3. The first-order valence-electron chi connectivity index (χ1n) is 15.6. The van der Waals surface area contributed by atoms with Crippen molar-refractivity contribution in [3.05, 3.63) is 100 Å². The van der Waals surface area contributed by atoms with Crippen molar-refractivity contribution in [2.45, 2.75) is 98.8 Å². The quantitative estimate of drug-likeness (QED) is 0.208. The second-order valence-electron chi connectivity index (χ2n) is 12.6. The number of nitrogens with one attached hydrogen (secondary N) is 2. The van der Waals surface area contributed by atoms with Crippen LogP contribution in [0.1, 0.15) is 86.4 Å². The lowest BCUT2D eigenvalue weighted by Crippen LogP contribution is -2.53. The summed E-state index contributed by atoms with van der Waals surface area (Å²) in [6.45, 7) is 15.7. The number of nitrogens with zero attached hydrogens (tertiary/aromatic N) is 1. The van der Waals surface area contributed by atoms with Gasteiger partial charge in [-0.25, -0.2) is 4.79 Å². The number of para-hydroxylation sites is 1. The molecule has 0 radical (unpaired) electrons. The third-order valence-electron chi connectivity index (χ3n) is 7.58. The number of unbranched alkanes of at least 4 members (excludes halogenated alkanes) is 2. The van der Waals surface area contributed by atoms with Gasteiger partial charge in [0, 0.05) is 18.7 Å². The minimum Gasteiger partial charge on any atom is -0.444 e. The largest absolute Gasteiger partial charge is 0.444 e. The van der Waals surface area contributed by atoms with Gasteiger partial charge in [0.05, 0.1) is 0 Å². The molecule has 0 saturated heterocycles. The van der Waals surface area contributed by atoms with E-state index in [4.69, 9.17) is 4.74 Å². The number of aryl methyl sites for hydroxylation is 4. The average molecular weight is 600 g/mol. The van der Waals surface area contributed by atoms with Crippen molar-refractivity contribution in [2.75, 3.05) is 11.9 Å². The standard InChI is InChI=1S/C37H49N3O4/c1-9-10-14-22-40(35(42)31(24-29-18-12-11-13-19-29)38-36(43)44-37(6,7)8)33(30-23-25(2)20-21-26(30)3)34(41)39-32-27(4)16-15-17-28(32)5/h11-13,15-21,23,31,33H,9-10,14,22,24H2,1-8H3,(H,38,43)(H,39,41). The fourth-order valence-electron chi connectivity index (χ4n) is 5.31. The Hall–Kier alpha value is -4.13. The van der Waals surface area contributed by atoms with Gasteiger partial charge < -0.3 is 20.3 Å². The monoisotopic (exact) mass is 599 g/mol. The van der Waals surface area contributed by atoms with Crippen LogP contribution in [0.4, 0.5) is 10.5 Å². The fraction of sp³-hybridized carbons (Fsp3) is 0.432. The van der Waals surface area contributed by atoms with E-state index in [1.807, 2.05) is 94.4 Å². The van der Waals surface area contributed by atoms with Crippen LogP contribution >= 0.6 is 0 Å². The first-order valence-corrected chi connectivity index (χ1v) is 15.6. The van der Waals surface area contributed by atoms with E-state index in [0.29, 0.717) is 13.0 Å². The second-order valence-corrected chi connectivity index (χ2v) is 12.6. The maximum Gasteiger partial charge on any atom is 0.408 e. The van der Waals surface area contributed by atoms with Gasteiger partial charge in [0.1, 0.15) is 17.7 Å². The van der Waals surface area contributed by atoms with E-state index in [1.165, 1.54) is 0 Å². The topological polar surface area (TPSA) is 87.7 Å². The number of alkyl carbamates (subject to hydrolysis) is 1. The Morgan fingerprint density at radius 2 is 1.50 bits per heavy atom. The van der Waals surface area contributed by atoms with Crippen molar-refractivity contribution in [1.82, 2.24) is 10.2 Å². The van der Waals surface area contributed by atoms with Gasteiger partial charge in [0.25, 0.3) is 5.91 Å². The second kappa shape index (κ2) is 15.6. The highest BCUT2D eigenvalue weighted by atomic mass is 16.6. The summed E-state index contributed by atoms with van der Waals surface area (Å²) in [5.74, 6) is -0.630. The molecular weight excluding hydrogens is 550 g/mol. The number of anilines is 1. The van der Waals surface area contributed by atoms with Gasteiger partial charge in [0.2, 0.25) is 5.91 Å². The third-order valence-corrected chi connectivity index (χ3v) is 7.58. The molecule has 0 spiro atoms. The van der Waals surface area contributed by atoms with Crippen molar-refractivity contribution >= 4 is 23.6 Å². The number of rotatable bonds is 12. The molecule has 7 nitrogen and oxygen atoms in total. The Morgan fingerprint density at radius 3 is 2.11 bits per heavy atom. The first kappa shape index (κ1) is 34.4. The van der Waals surface area contributed by atoms with Crippen LogP contribution in [0, 0.1) is 27.7 Å². The van der Waals surface area contributed by atoms with Crippen LogP contribution in [0.3, 0.4) is 0 Å². The van der Waals surface area contributed by atoms with Crippen molar-refractivity contribution < 1.29 is 19.1 Å². The molecule has 0 heterocycles. The van der Waals surface area contributed by atoms with Gasteiger partial charge >= 0.3 is 6.09 Å². The van der Waals surface area contributed by atoms with Crippen molar-refractivity contribution in [3.63, 3.8) is 0 Å². The Kier molecular flexibility index (Phi) is 12.1. The van der Waals surface area contributed by atoms with Crippen LogP contribution in [0.15, 0.2) is 66.7 Å². The highest BCUT2D eigenvalue weighted by Crippen LogP contribution is 2.30. The summed E-state index contributed by atoms with van der Waals surface area (Å²) in [7, 11) is 0. The summed E-state index contributed by atoms with van der Waals surface area (Å²) in [6.07, 6.45) is 2.13. The first-order chi connectivity index (χ1) is 20.8. The Balaban J connectivity index is 2.13. The molecule has 2 unspecified atom stereocenters. The van der Waals surface area contributed by atoms with Crippen LogP contribution in [0.5, 0.6) is 0 Å². The lowest BCUT2D eigenvalue weighted by Gasteiger charge is -2.35. The van der Waals surface area contributed by atoms with Crippen LogP contribution in [0.2, 0.25) is 0 Å². The predicted molar refractivity (Wildman–Crippen MR) is 178 cm³/mol. The van der Waals surface area contributed by atoms with Crippen molar-refractivity contribution in [1.29, 1.82) is 0 Å². The molecule has 0 aliphatic carbocycles. The lowest BCUT2D eigenvalue weighted by molar-refractivity contribution is -0.140. The van der Waals surface area contributed by atoms with E-state index in [2.05, 4.69) is 17.6 Å². The Labute approximate surface area is 263 Å². The predicted octanol–water partition coefficient (Wildman–Crippen LogP) is 7.75.